The maximum absolute atomic E-state index is 11.0. The number of hydrogen-bond acceptors (Lipinski definition) is 7. The molecule has 0 aliphatic carbocycles. The standard InChI is InChI=1S/C11H14N4O4S/c1-18-9-5-10(19-2)8(15(16)17)4-7(9)6-13-14-11(12)20-3/h4-6H,1-3H3,(H2,12,14)/b13-6-. The SMILES string of the molecule is COc1cc(OC)c([N+](=O)[O-])cc1/C=N\N=C(/N)SC. The molecule has 0 aliphatic rings. The average Bonchev–Trinajstić information content (AvgIpc) is 2.46. The van der Waals surface area contributed by atoms with Gasteiger partial charge in [-0.1, -0.05) is 11.8 Å². The summed E-state index contributed by atoms with van der Waals surface area (Å²) in [6.07, 6.45) is 3.08. The molecule has 0 bridgehead atoms. The second-order valence-corrected chi connectivity index (χ2v) is 4.24. The van der Waals surface area contributed by atoms with Crippen LogP contribution in [0.25, 0.3) is 0 Å². The number of hydrogen-bond donors (Lipinski definition) is 1. The fraction of sp³-hybridized carbons (Fsp3) is 0.273. The first kappa shape index (κ1) is 15.8. The first-order valence-corrected chi connectivity index (χ1v) is 6.56. The smallest absolute Gasteiger partial charge is 0.311 e. The molecule has 0 spiro atoms. The van der Waals surface area contributed by atoms with Crippen molar-refractivity contribution in [3.63, 3.8) is 0 Å². The van der Waals surface area contributed by atoms with Crippen LogP contribution in [-0.2, 0) is 0 Å². The summed E-state index contributed by atoms with van der Waals surface area (Å²) in [6, 6.07) is 2.72. The van der Waals surface area contributed by atoms with Crippen molar-refractivity contribution >= 4 is 28.8 Å². The Kier molecular flexibility index (Phi) is 5.78. The number of nitrogens with zero attached hydrogens (tertiary/aromatic N) is 3. The van der Waals surface area contributed by atoms with Crippen molar-refractivity contribution in [2.45, 2.75) is 0 Å². The summed E-state index contributed by atoms with van der Waals surface area (Å²) in [5, 5.41) is 18.7. The Morgan fingerprint density at radius 1 is 1.40 bits per heavy atom. The summed E-state index contributed by atoms with van der Waals surface area (Å²) in [7, 11) is 2.79. The van der Waals surface area contributed by atoms with E-state index in [4.69, 9.17) is 15.2 Å². The normalized spacial score (nSPS) is 11.7. The highest BCUT2D eigenvalue weighted by Gasteiger charge is 2.18. The van der Waals surface area contributed by atoms with E-state index in [1.165, 1.54) is 44.3 Å². The number of methoxy groups -OCH3 is 2. The number of nitro groups is 1. The molecule has 0 atom stereocenters. The fourth-order valence-electron chi connectivity index (χ4n) is 1.34. The van der Waals surface area contributed by atoms with E-state index in [-0.39, 0.29) is 16.6 Å². The molecule has 9 heteroatoms. The summed E-state index contributed by atoms with van der Waals surface area (Å²) >= 11 is 1.24. The number of rotatable bonds is 5. The number of amidine groups is 1. The van der Waals surface area contributed by atoms with E-state index in [9.17, 15) is 10.1 Å². The molecular weight excluding hydrogens is 284 g/mol. The topological polar surface area (TPSA) is 112 Å². The fourth-order valence-corrected chi connectivity index (χ4v) is 1.47. The molecule has 2 N–H and O–H groups in total. The van der Waals surface area contributed by atoms with E-state index in [0.29, 0.717) is 11.3 Å². The minimum absolute atomic E-state index is 0.108. The van der Waals surface area contributed by atoms with Crippen molar-refractivity contribution in [3.8, 4) is 11.5 Å². The second-order valence-electron chi connectivity index (χ2n) is 3.41. The molecule has 8 nitrogen and oxygen atoms in total. The van der Waals surface area contributed by atoms with Gasteiger partial charge in [0.25, 0.3) is 0 Å². The van der Waals surface area contributed by atoms with Gasteiger partial charge in [0.15, 0.2) is 5.17 Å². The zero-order valence-corrected chi connectivity index (χ0v) is 12.0. The van der Waals surface area contributed by atoms with Gasteiger partial charge >= 0.3 is 5.69 Å². The molecule has 0 aliphatic heterocycles. The van der Waals surface area contributed by atoms with Gasteiger partial charge in [-0.2, -0.15) is 5.10 Å². The van der Waals surface area contributed by atoms with Crippen LogP contribution in [-0.4, -0.2) is 36.8 Å². The lowest BCUT2D eigenvalue weighted by Crippen LogP contribution is -2.04. The van der Waals surface area contributed by atoms with E-state index in [1.54, 1.807) is 6.26 Å². The molecule has 0 unspecified atom stereocenters. The predicted octanol–water partition coefficient (Wildman–Crippen LogP) is 1.62. The first-order valence-electron chi connectivity index (χ1n) is 5.34. The predicted molar refractivity (Wildman–Crippen MR) is 78.9 cm³/mol. The number of nitro benzene ring substituents is 1. The first-order chi connectivity index (χ1) is 9.53. The molecule has 1 rings (SSSR count). The van der Waals surface area contributed by atoms with Crippen molar-refractivity contribution in [1.29, 1.82) is 0 Å². The molecule has 1 aromatic carbocycles. The van der Waals surface area contributed by atoms with Gasteiger partial charge in [0.1, 0.15) is 5.75 Å². The van der Waals surface area contributed by atoms with Crippen LogP contribution in [0.15, 0.2) is 22.3 Å². The van der Waals surface area contributed by atoms with Crippen LogP contribution in [0.1, 0.15) is 5.56 Å². The Bertz CT molecular complexity index is 560. The minimum Gasteiger partial charge on any atom is -0.496 e. The highest BCUT2D eigenvalue weighted by atomic mass is 32.2. The van der Waals surface area contributed by atoms with Crippen LogP contribution >= 0.6 is 11.8 Å². The van der Waals surface area contributed by atoms with Gasteiger partial charge in [-0.3, -0.25) is 10.1 Å². The second kappa shape index (κ2) is 7.34. The van der Waals surface area contributed by atoms with Crippen molar-refractivity contribution < 1.29 is 14.4 Å². The molecule has 0 fully saturated rings. The van der Waals surface area contributed by atoms with E-state index >= 15 is 0 Å². The molecule has 1 aromatic rings. The van der Waals surface area contributed by atoms with Crippen LogP contribution in [0.5, 0.6) is 11.5 Å². The Balaban J connectivity index is 3.24. The van der Waals surface area contributed by atoms with Crippen LogP contribution < -0.4 is 15.2 Å². The molecule has 108 valence electrons. The Morgan fingerprint density at radius 3 is 2.55 bits per heavy atom. The molecule has 0 radical (unpaired) electrons. The molecule has 0 aromatic heterocycles. The van der Waals surface area contributed by atoms with Crippen LogP contribution in [0.3, 0.4) is 0 Å². The zero-order valence-electron chi connectivity index (χ0n) is 11.2. The van der Waals surface area contributed by atoms with E-state index in [0.717, 1.165) is 0 Å². The van der Waals surface area contributed by atoms with Gasteiger partial charge in [0.05, 0.1) is 25.4 Å². The Hall–Kier alpha value is -2.29. The number of thioether (sulfide) groups is 1. The maximum Gasteiger partial charge on any atom is 0.311 e. The van der Waals surface area contributed by atoms with E-state index in [2.05, 4.69) is 10.2 Å². The van der Waals surface area contributed by atoms with Crippen LogP contribution in [0, 0.1) is 10.1 Å². The van der Waals surface area contributed by atoms with Crippen molar-refractivity contribution in [3.05, 3.63) is 27.8 Å². The molecule has 0 saturated heterocycles. The number of ether oxygens (including phenoxy) is 2. The van der Waals surface area contributed by atoms with Crippen LogP contribution in [0.2, 0.25) is 0 Å². The van der Waals surface area contributed by atoms with Crippen molar-refractivity contribution in [2.24, 2.45) is 15.9 Å². The third-order valence-corrected chi connectivity index (χ3v) is 2.79. The highest BCUT2D eigenvalue weighted by molar-refractivity contribution is 8.13. The highest BCUT2D eigenvalue weighted by Crippen LogP contribution is 2.33. The monoisotopic (exact) mass is 298 g/mol. The van der Waals surface area contributed by atoms with Crippen molar-refractivity contribution in [1.82, 2.24) is 0 Å². The summed E-state index contributed by atoms with van der Waals surface area (Å²) in [5.74, 6) is 0.491. The van der Waals surface area contributed by atoms with Gasteiger partial charge < -0.3 is 15.2 Å². The van der Waals surface area contributed by atoms with Crippen molar-refractivity contribution in [2.75, 3.05) is 20.5 Å². The lowest BCUT2D eigenvalue weighted by Gasteiger charge is -2.07. The van der Waals surface area contributed by atoms with Crippen LogP contribution in [0.4, 0.5) is 5.69 Å². The van der Waals surface area contributed by atoms with Gasteiger partial charge in [-0.15, -0.1) is 5.10 Å². The van der Waals surface area contributed by atoms with Gasteiger partial charge in [0, 0.05) is 17.7 Å². The van der Waals surface area contributed by atoms with E-state index < -0.39 is 4.92 Å². The largest absolute Gasteiger partial charge is 0.496 e. The molecule has 0 heterocycles. The summed E-state index contributed by atoms with van der Waals surface area (Å²) in [5.41, 5.74) is 5.69. The third-order valence-electron chi connectivity index (χ3n) is 2.29. The quantitative estimate of drug-likeness (QED) is 0.382. The molecular formula is C11H14N4O4S. The average molecular weight is 298 g/mol. The maximum atomic E-state index is 11.0. The lowest BCUT2D eigenvalue weighted by atomic mass is 10.1. The minimum atomic E-state index is -0.546. The van der Waals surface area contributed by atoms with Gasteiger partial charge in [-0.05, 0) is 6.26 Å². The zero-order chi connectivity index (χ0) is 15.1. The summed E-state index contributed by atoms with van der Waals surface area (Å²) in [4.78, 5) is 10.4. The van der Waals surface area contributed by atoms with Gasteiger partial charge in [0.2, 0.25) is 5.75 Å². The Labute approximate surface area is 119 Å². The molecule has 20 heavy (non-hydrogen) atoms. The summed E-state index contributed by atoms with van der Waals surface area (Å²) < 4.78 is 10.1. The third kappa shape index (κ3) is 3.85. The summed E-state index contributed by atoms with van der Waals surface area (Å²) in [6.45, 7) is 0. The molecule has 0 amide bonds. The molecule has 0 saturated carbocycles. The number of benzene rings is 1. The lowest BCUT2D eigenvalue weighted by molar-refractivity contribution is -0.385. The van der Waals surface area contributed by atoms with E-state index in [1.807, 2.05) is 0 Å². The Morgan fingerprint density at radius 2 is 2.05 bits per heavy atom. The number of nitrogens with two attached hydrogens (primary N) is 1. The van der Waals surface area contributed by atoms with Gasteiger partial charge in [-0.25, -0.2) is 0 Å².